The van der Waals surface area contributed by atoms with Gasteiger partial charge in [0.05, 0.1) is 0 Å². The summed E-state index contributed by atoms with van der Waals surface area (Å²) in [6.45, 7) is 0. The van der Waals surface area contributed by atoms with Crippen LogP contribution in [0.3, 0.4) is 0 Å². The molecule has 1 aliphatic carbocycles. The first-order valence-electron chi connectivity index (χ1n) is 8.73. The molecule has 0 aliphatic heterocycles. The molecule has 4 heteroatoms. The summed E-state index contributed by atoms with van der Waals surface area (Å²) in [5.41, 5.74) is 0. The van der Waals surface area contributed by atoms with E-state index in [4.69, 9.17) is 0 Å². The van der Waals surface area contributed by atoms with E-state index >= 15 is 0 Å². The molecule has 1 aliphatic rings. The summed E-state index contributed by atoms with van der Waals surface area (Å²) < 4.78 is 4.34. The topological polar surface area (TPSA) is 0 Å². The molecule has 4 aromatic carbocycles. The third-order valence-electron chi connectivity index (χ3n) is 5.13. The smallest absolute Gasteiger partial charge is 0.0260 e. The van der Waals surface area contributed by atoms with Crippen molar-refractivity contribution in [3.05, 3.63) is 132 Å². The summed E-state index contributed by atoms with van der Waals surface area (Å²) in [6.07, 6.45) is 0. The van der Waals surface area contributed by atoms with Gasteiger partial charge in [0.25, 0.3) is 0 Å². The van der Waals surface area contributed by atoms with Crippen LogP contribution in [0.15, 0.2) is 90.7 Å². The maximum absolute atomic E-state index is 3.83. The van der Waals surface area contributed by atoms with E-state index in [1.54, 1.807) is 0 Å². The van der Waals surface area contributed by atoms with Gasteiger partial charge in [0.15, 0.2) is 0 Å². The Morgan fingerprint density at radius 2 is 0.536 bits per heavy atom. The van der Waals surface area contributed by atoms with Gasteiger partial charge in [0, 0.05) is 38.8 Å². The van der Waals surface area contributed by atoms with Crippen LogP contribution in [0.1, 0.15) is 0 Å². The van der Waals surface area contributed by atoms with Gasteiger partial charge < -0.3 is 0 Å². The lowest BCUT2D eigenvalue weighted by Gasteiger charge is -2.07. The molecule has 0 saturated carbocycles. The van der Waals surface area contributed by atoms with Crippen LogP contribution in [0.25, 0.3) is 0 Å². The Labute approximate surface area is 194 Å². The van der Waals surface area contributed by atoms with Crippen molar-refractivity contribution in [2.45, 2.75) is 0 Å². The van der Waals surface area contributed by atoms with Crippen LogP contribution in [0, 0.1) is 41.7 Å². The van der Waals surface area contributed by atoms with Crippen molar-refractivity contribution in [3.63, 3.8) is 0 Å². The van der Waals surface area contributed by atoms with Gasteiger partial charge in [-0.3, -0.25) is 0 Å². The van der Waals surface area contributed by atoms with Crippen LogP contribution in [-0.4, -0.2) is 0 Å². The minimum atomic E-state index is 1.09. The highest BCUT2D eigenvalue weighted by atomic mass is 79.9. The molecule has 0 radical (unpaired) electrons. The van der Waals surface area contributed by atoms with E-state index in [1.165, 1.54) is 41.7 Å². The minimum absolute atomic E-state index is 1.09. The van der Waals surface area contributed by atoms with E-state index in [0.29, 0.717) is 0 Å². The molecular formula is C24H12Br4. The number of hydrogen-bond acceptors (Lipinski definition) is 0. The average Bonchev–Trinajstić information content (AvgIpc) is 2.67. The zero-order chi connectivity index (χ0) is 19.4. The summed E-state index contributed by atoms with van der Waals surface area (Å²) >= 11 is 15.3. The number of hydrogen-bond donors (Lipinski definition) is 0. The number of rotatable bonds is 0. The lowest BCUT2D eigenvalue weighted by atomic mass is 10.0. The van der Waals surface area contributed by atoms with Crippen molar-refractivity contribution in [3.8, 4) is 0 Å². The Morgan fingerprint density at radius 3 is 0.750 bits per heavy atom. The Kier molecular flexibility index (Phi) is 4.87. The van der Waals surface area contributed by atoms with Crippen molar-refractivity contribution in [2.75, 3.05) is 0 Å². The second-order valence-electron chi connectivity index (χ2n) is 6.65. The highest BCUT2D eigenvalue weighted by Crippen LogP contribution is 2.26. The second kappa shape index (κ2) is 7.24. The van der Waals surface area contributed by atoms with Gasteiger partial charge in [0.2, 0.25) is 0 Å². The first-order valence-corrected chi connectivity index (χ1v) is 11.9. The molecule has 0 saturated heterocycles. The molecule has 0 heterocycles. The Balaban J connectivity index is 2.54. The Morgan fingerprint density at radius 1 is 0.321 bits per heavy atom. The molecule has 28 heavy (non-hydrogen) atoms. The molecule has 0 fully saturated rings. The highest BCUT2D eigenvalue weighted by Gasteiger charge is 2.07. The lowest BCUT2D eigenvalue weighted by molar-refractivity contribution is 1.25. The van der Waals surface area contributed by atoms with Crippen molar-refractivity contribution >= 4 is 63.7 Å². The highest BCUT2D eigenvalue weighted by molar-refractivity contribution is 9.11. The Bertz CT molecular complexity index is 1410. The zero-order valence-corrected chi connectivity index (χ0v) is 20.8. The van der Waals surface area contributed by atoms with Gasteiger partial charge in [-0.15, -0.1) is 0 Å². The summed E-state index contributed by atoms with van der Waals surface area (Å²) in [7, 11) is 0. The molecule has 136 valence electrons. The van der Waals surface area contributed by atoms with Crippen molar-refractivity contribution < 1.29 is 0 Å². The van der Waals surface area contributed by atoms with Crippen LogP contribution < -0.4 is 0 Å². The maximum atomic E-state index is 3.83. The van der Waals surface area contributed by atoms with E-state index in [9.17, 15) is 0 Å². The van der Waals surface area contributed by atoms with Crippen LogP contribution in [-0.2, 0) is 0 Å². The fourth-order valence-corrected chi connectivity index (χ4v) is 6.27. The van der Waals surface area contributed by atoms with Crippen LogP contribution in [0.4, 0.5) is 0 Å². The van der Waals surface area contributed by atoms with Gasteiger partial charge in [-0.2, -0.15) is 0 Å². The molecule has 0 nitrogen and oxygen atoms in total. The van der Waals surface area contributed by atoms with E-state index in [1.807, 2.05) is 0 Å². The molecule has 0 aromatic heterocycles. The molecular weight excluding hydrogens is 608 g/mol. The first kappa shape index (κ1) is 18.8. The molecule has 0 amide bonds. The molecule has 5 rings (SSSR count). The number of benzene rings is 4. The van der Waals surface area contributed by atoms with Gasteiger partial charge in [-0.1, -0.05) is 112 Å². The predicted molar refractivity (Wildman–Crippen MR) is 127 cm³/mol. The molecule has 0 bridgehead atoms. The predicted octanol–water partition coefficient (Wildman–Crippen LogP) is 8.20. The monoisotopic (exact) mass is 616 g/mol. The van der Waals surface area contributed by atoms with Crippen molar-refractivity contribution in [2.24, 2.45) is 0 Å². The van der Waals surface area contributed by atoms with Gasteiger partial charge in [-0.25, -0.2) is 0 Å². The second-order valence-corrected chi connectivity index (χ2v) is 10.1. The summed E-state index contributed by atoms with van der Waals surface area (Å²) in [6, 6.07) is 25.7. The fourth-order valence-electron chi connectivity index (χ4n) is 4.01. The number of fused-ring (bicyclic) bond motifs is 4. The summed E-state index contributed by atoms with van der Waals surface area (Å²) in [5, 5.41) is 9.65. The van der Waals surface area contributed by atoms with Crippen molar-refractivity contribution in [1.29, 1.82) is 0 Å². The Hall–Kier alpha value is -1.20. The largest absolute Gasteiger partial charge is 0.0605 e. The average molecular weight is 620 g/mol. The van der Waals surface area contributed by atoms with Crippen molar-refractivity contribution in [1.82, 2.24) is 0 Å². The lowest BCUT2D eigenvalue weighted by Crippen LogP contribution is -1.92. The van der Waals surface area contributed by atoms with Crippen LogP contribution >= 0.6 is 63.7 Å². The van der Waals surface area contributed by atoms with Gasteiger partial charge in [0.1, 0.15) is 0 Å². The summed E-state index contributed by atoms with van der Waals surface area (Å²) in [5.74, 6) is 0. The van der Waals surface area contributed by atoms with Crippen LogP contribution in [0.5, 0.6) is 0 Å². The maximum Gasteiger partial charge on any atom is 0.0260 e. The van der Waals surface area contributed by atoms with E-state index in [0.717, 1.165) is 17.9 Å². The fraction of sp³-hybridized carbons (Fsp3) is 0. The summed E-state index contributed by atoms with van der Waals surface area (Å²) in [4.78, 5) is 0. The SMILES string of the molecule is Brc1cccc2/c1=c1/c(Br)ccc/c1=c1\cccc(Br)\c1=c1/c(Br)ccc/c1=2. The molecule has 0 spiro atoms. The quantitative estimate of drug-likeness (QED) is 0.164. The zero-order valence-electron chi connectivity index (χ0n) is 14.4. The molecule has 0 atom stereocenters. The van der Waals surface area contributed by atoms with Gasteiger partial charge in [-0.05, 0) is 45.1 Å². The standard InChI is InChI=1S/C24H12Br4/c25-17-9-1-5-13-14-6-2-10-18(26)22(14)24-16(8-4-12-20(24)28)15-7-3-11-19(27)23(15)21(13)17/h1-12H/b14-13-,16-15-,23-21-,24-22-. The number of halogens is 4. The minimum Gasteiger partial charge on any atom is -0.0605 e. The third kappa shape index (κ3) is 2.80. The third-order valence-corrected chi connectivity index (χ3v) is 7.78. The molecule has 0 unspecified atom stereocenters. The van der Waals surface area contributed by atoms with Gasteiger partial charge >= 0.3 is 0 Å². The van der Waals surface area contributed by atoms with E-state index in [-0.39, 0.29) is 0 Å². The van der Waals surface area contributed by atoms with E-state index < -0.39 is 0 Å². The molecule has 4 aromatic rings. The van der Waals surface area contributed by atoms with Crippen LogP contribution in [0.2, 0.25) is 0 Å². The normalized spacial score (nSPS) is 16.7. The van der Waals surface area contributed by atoms with E-state index in [2.05, 4.69) is 137 Å². The first-order chi connectivity index (χ1) is 13.6. The molecule has 0 N–H and O–H groups in total.